The average molecular weight is 513 g/mol. The number of para-hydroxylation sites is 2. The van der Waals surface area contributed by atoms with Crippen LogP contribution in [0.15, 0.2) is 108 Å². The second-order valence-electron chi connectivity index (χ2n) is 7.65. The largest absolute Gasteiger partial charge is 0.457 e. The Morgan fingerprint density at radius 2 is 1.43 bits per heavy atom. The Balaban J connectivity index is 1.35. The Labute approximate surface area is 217 Å². The van der Waals surface area contributed by atoms with Gasteiger partial charge in [0.2, 0.25) is 0 Å². The van der Waals surface area contributed by atoms with Crippen LogP contribution < -0.4 is 20.8 Å². The van der Waals surface area contributed by atoms with Crippen LogP contribution in [0.4, 0.5) is 11.4 Å². The molecule has 0 saturated heterocycles. The van der Waals surface area contributed by atoms with Gasteiger partial charge in [0, 0.05) is 10.7 Å². The number of anilines is 2. The number of amides is 3. The first-order chi connectivity index (χ1) is 18.0. The van der Waals surface area contributed by atoms with Gasteiger partial charge in [0.25, 0.3) is 5.91 Å². The van der Waals surface area contributed by atoms with E-state index in [1.165, 1.54) is 18.3 Å². The van der Waals surface area contributed by atoms with E-state index < -0.39 is 17.7 Å². The van der Waals surface area contributed by atoms with E-state index in [9.17, 15) is 14.4 Å². The number of nitrogens with one attached hydrogen (secondary N) is 3. The summed E-state index contributed by atoms with van der Waals surface area (Å²) < 4.78 is 5.77. The molecule has 0 spiro atoms. The maximum Gasteiger partial charge on any atom is 0.329 e. The first kappa shape index (κ1) is 25.2. The Morgan fingerprint density at radius 1 is 0.730 bits per heavy atom. The first-order valence-corrected chi connectivity index (χ1v) is 11.5. The Kier molecular flexibility index (Phi) is 8.26. The molecule has 0 unspecified atom stereocenters. The van der Waals surface area contributed by atoms with E-state index in [0.29, 0.717) is 27.8 Å². The number of rotatable bonds is 7. The molecule has 3 N–H and O–H groups in total. The predicted molar refractivity (Wildman–Crippen MR) is 143 cm³/mol. The summed E-state index contributed by atoms with van der Waals surface area (Å²) in [5, 5.41) is 9.54. The highest BCUT2D eigenvalue weighted by Gasteiger charge is 2.17. The van der Waals surface area contributed by atoms with Crippen molar-refractivity contribution in [3.05, 3.63) is 119 Å². The molecule has 0 aliphatic rings. The minimum absolute atomic E-state index is 0.170. The summed E-state index contributed by atoms with van der Waals surface area (Å²) in [6.45, 7) is 0. The summed E-state index contributed by atoms with van der Waals surface area (Å²) in [5.74, 6) is -1.17. The molecule has 37 heavy (non-hydrogen) atoms. The Hall–Kier alpha value is -4.95. The van der Waals surface area contributed by atoms with Crippen LogP contribution in [0.2, 0.25) is 5.02 Å². The summed E-state index contributed by atoms with van der Waals surface area (Å²) in [7, 11) is 0. The highest BCUT2D eigenvalue weighted by Crippen LogP contribution is 2.21. The number of hydrogen-bond acceptors (Lipinski definition) is 5. The molecule has 3 amide bonds. The summed E-state index contributed by atoms with van der Waals surface area (Å²) in [5.41, 5.74) is 3.71. The molecule has 0 atom stereocenters. The molecule has 4 rings (SSSR count). The van der Waals surface area contributed by atoms with Gasteiger partial charge in [-0.25, -0.2) is 5.43 Å². The lowest BCUT2D eigenvalue weighted by molar-refractivity contribution is -0.136. The van der Waals surface area contributed by atoms with Gasteiger partial charge in [-0.2, -0.15) is 5.10 Å². The molecule has 184 valence electrons. The van der Waals surface area contributed by atoms with E-state index in [1.807, 2.05) is 30.3 Å². The molecule has 4 aromatic carbocycles. The maximum atomic E-state index is 12.7. The third-order valence-corrected chi connectivity index (χ3v) is 5.20. The van der Waals surface area contributed by atoms with Gasteiger partial charge in [-0.05, 0) is 66.2 Å². The molecule has 0 fully saturated rings. The van der Waals surface area contributed by atoms with Gasteiger partial charge in [-0.15, -0.1) is 0 Å². The van der Waals surface area contributed by atoms with Crippen molar-refractivity contribution in [2.75, 3.05) is 10.6 Å². The number of carbonyl (C=O) groups is 3. The van der Waals surface area contributed by atoms with Crippen LogP contribution in [0, 0.1) is 0 Å². The van der Waals surface area contributed by atoms with Crippen LogP contribution in [0.25, 0.3) is 0 Å². The molecule has 8 nitrogen and oxygen atoms in total. The zero-order valence-corrected chi connectivity index (χ0v) is 20.1. The number of carbonyl (C=O) groups excluding carboxylic acids is 3. The van der Waals surface area contributed by atoms with E-state index in [2.05, 4.69) is 21.2 Å². The number of hydrazone groups is 1. The van der Waals surface area contributed by atoms with Gasteiger partial charge in [0.15, 0.2) is 0 Å². The third-order valence-electron chi connectivity index (χ3n) is 4.94. The lowest BCUT2D eigenvalue weighted by atomic mass is 10.1. The fraction of sp³-hybridized carbons (Fsp3) is 0. The second kappa shape index (κ2) is 12.1. The number of ether oxygens (including phenoxy) is 1. The van der Waals surface area contributed by atoms with Crippen LogP contribution in [0.1, 0.15) is 15.9 Å². The summed E-state index contributed by atoms with van der Waals surface area (Å²) in [6, 6.07) is 29.3. The Bertz CT molecular complexity index is 1440. The van der Waals surface area contributed by atoms with Crippen LogP contribution >= 0.6 is 11.6 Å². The highest BCUT2D eigenvalue weighted by molar-refractivity contribution is 6.40. The van der Waals surface area contributed by atoms with Gasteiger partial charge >= 0.3 is 11.8 Å². The van der Waals surface area contributed by atoms with Crippen molar-refractivity contribution in [2.24, 2.45) is 5.10 Å². The van der Waals surface area contributed by atoms with Crippen LogP contribution in [-0.4, -0.2) is 23.9 Å². The number of halogens is 1. The van der Waals surface area contributed by atoms with Crippen LogP contribution in [-0.2, 0) is 9.59 Å². The molecular formula is C28H21ClN4O4. The topological polar surface area (TPSA) is 109 Å². The standard InChI is InChI=1S/C28H21ClN4O4/c29-20-13-15-21(16-14-20)31-26(34)24-11-4-5-12-25(24)32-27(35)28(36)33-30-18-19-7-6-10-23(17-19)37-22-8-2-1-3-9-22/h1-18H,(H,31,34)(H,32,35)(H,33,36)/b30-18+. The molecule has 0 heterocycles. The van der Waals surface area contributed by atoms with Gasteiger partial charge in [0.05, 0.1) is 17.5 Å². The van der Waals surface area contributed by atoms with Crippen LogP contribution in [0.5, 0.6) is 11.5 Å². The summed E-state index contributed by atoms with van der Waals surface area (Å²) in [4.78, 5) is 37.4. The summed E-state index contributed by atoms with van der Waals surface area (Å²) in [6.07, 6.45) is 1.39. The molecule has 0 saturated carbocycles. The zero-order chi connectivity index (χ0) is 26.0. The summed E-state index contributed by atoms with van der Waals surface area (Å²) >= 11 is 5.87. The minimum Gasteiger partial charge on any atom is -0.457 e. The third kappa shape index (κ3) is 7.27. The van der Waals surface area contributed by atoms with Crippen molar-refractivity contribution in [3.8, 4) is 11.5 Å². The van der Waals surface area contributed by atoms with Crippen molar-refractivity contribution in [2.45, 2.75) is 0 Å². The average Bonchev–Trinajstić information content (AvgIpc) is 2.91. The molecule has 4 aromatic rings. The highest BCUT2D eigenvalue weighted by atomic mass is 35.5. The quantitative estimate of drug-likeness (QED) is 0.173. The normalized spacial score (nSPS) is 10.5. The van der Waals surface area contributed by atoms with Crippen molar-refractivity contribution in [3.63, 3.8) is 0 Å². The van der Waals surface area contributed by atoms with Crippen molar-refractivity contribution >= 4 is 46.9 Å². The molecule has 9 heteroatoms. The Morgan fingerprint density at radius 3 is 2.22 bits per heavy atom. The predicted octanol–water partition coefficient (Wildman–Crippen LogP) is 5.47. The second-order valence-corrected chi connectivity index (χ2v) is 8.08. The molecule has 0 bridgehead atoms. The van der Waals surface area contributed by atoms with E-state index in [1.54, 1.807) is 60.7 Å². The van der Waals surface area contributed by atoms with Crippen molar-refractivity contribution < 1.29 is 19.1 Å². The molecule has 0 aromatic heterocycles. The SMILES string of the molecule is O=C(N/N=C/c1cccc(Oc2ccccc2)c1)C(=O)Nc1ccccc1C(=O)Nc1ccc(Cl)cc1. The van der Waals surface area contributed by atoms with E-state index >= 15 is 0 Å². The van der Waals surface area contributed by atoms with Crippen molar-refractivity contribution in [1.82, 2.24) is 5.43 Å². The fourth-order valence-electron chi connectivity index (χ4n) is 3.20. The minimum atomic E-state index is -0.999. The first-order valence-electron chi connectivity index (χ1n) is 11.1. The van der Waals surface area contributed by atoms with E-state index in [0.717, 1.165) is 0 Å². The molecule has 0 aliphatic heterocycles. The lowest BCUT2D eigenvalue weighted by Crippen LogP contribution is -2.33. The van der Waals surface area contributed by atoms with Crippen molar-refractivity contribution in [1.29, 1.82) is 0 Å². The van der Waals surface area contributed by atoms with Gasteiger partial charge < -0.3 is 15.4 Å². The fourth-order valence-corrected chi connectivity index (χ4v) is 3.33. The van der Waals surface area contributed by atoms with Gasteiger partial charge in [-0.3, -0.25) is 14.4 Å². The monoisotopic (exact) mass is 512 g/mol. The number of hydrogen-bond donors (Lipinski definition) is 3. The zero-order valence-electron chi connectivity index (χ0n) is 19.4. The maximum absolute atomic E-state index is 12.7. The molecule has 0 radical (unpaired) electrons. The number of benzene rings is 4. The van der Waals surface area contributed by atoms with Gasteiger partial charge in [0.1, 0.15) is 11.5 Å². The van der Waals surface area contributed by atoms with E-state index in [4.69, 9.17) is 16.3 Å². The van der Waals surface area contributed by atoms with Crippen LogP contribution in [0.3, 0.4) is 0 Å². The lowest BCUT2D eigenvalue weighted by Gasteiger charge is -2.11. The smallest absolute Gasteiger partial charge is 0.329 e. The van der Waals surface area contributed by atoms with E-state index in [-0.39, 0.29) is 11.3 Å². The molecular weight excluding hydrogens is 492 g/mol. The molecule has 0 aliphatic carbocycles. The number of nitrogens with zero attached hydrogens (tertiary/aromatic N) is 1. The van der Waals surface area contributed by atoms with Gasteiger partial charge in [-0.1, -0.05) is 54.1 Å².